The number of aromatic nitrogens is 2. The Kier molecular flexibility index (Phi) is 6.44. The van der Waals surface area contributed by atoms with Gasteiger partial charge in [-0.05, 0) is 6.92 Å². The molecule has 0 radical (unpaired) electrons. The number of amides is 1. The topological polar surface area (TPSA) is 59.3 Å². The second-order valence-electron chi connectivity index (χ2n) is 5.91. The number of carbonyl (C=O) groups is 1. The smallest absolute Gasteiger partial charge is 0.275 e. The van der Waals surface area contributed by atoms with E-state index in [1.807, 2.05) is 0 Å². The molecule has 178 valence electrons. The summed E-state index contributed by atoms with van der Waals surface area (Å²) < 4.78 is 169. The number of aryl methyl sites for hydroxylation is 2. The maximum Gasteiger partial charge on any atom is 0.460 e. The summed E-state index contributed by atoms with van der Waals surface area (Å²) in [5.41, 5.74) is 0.691. The van der Waals surface area contributed by atoms with Crippen LogP contribution in [-0.2, 0) is 11.8 Å². The van der Waals surface area contributed by atoms with Gasteiger partial charge in [0.05, 0.1) is 11.9 Å². The average molecular weight is 484 g/mol. The second kappa shape index (κ2) is 7.54. The predicted molar refractivity (Wildman–Crippen MR) is 74.5 cm³/mol. The van der Waals surface area contributed by atoms with Crippen LogP contribution in [0, 0.1) is 6.92 Å². The van der Waals surface area contributed by atoms with Crippen molar-refractivity contribution in [3.63, 3.8) is 0 Å². The van der Waals surface area contributed by atoms with Gasteiger partial charge in [-0.2, -0.15) is 67.3 Å². The third kappa shape index (κ3) is 4.02. The highest BCUT2D eigenvalue weighted by Gasteiger charge is 2.91. The van der Waals surface area contributed by atoms with Crippen LogP contribution < -0.4 is 5.43 Å². The zero-order valence-electron chi connectivity index (χ0n) is 14.8. The van der Waals surface area contributed by atoms with Crippen LogP contribution in [0.25, 0.3) is 0 Å². The average Bonchev–Trinajstić information content (AvgIpc) is 2.90. The molecular formula is C13H9F13N4O. The molecule has 1 amide bonds. The lowest BCUT2D eigenvalue weighted by molar-refractivity contribution is -0.436. The molecule has 0 saturated carbocycles. The van der Waals surface area contributed by atoms with Crippen molar-refractivity contribution in [2.24, 2.45) is 12.1 Å². The molecule has 1 heterocycles. The monoisotopic (exact) mass is 484 g/mol. The molecule has 1 aromatic heterocycles. The van der Waals surface area contributed by atoms with Gasteiger partial charge in [-0.3, -0.25) is 9.48 Å². The molecule has 0 bridgehead atoms. The molecule has 0 saturated heterocycles. The molecule has 1 N–H and O–H groups in total. The molecule has 31 heavy (non-hydrogen) atoms. The molecule has 0 aromatic carbocycles. The summed E-state index contributed by atoms with van der Waals surface area (Å²) in [7, 11) is 1.36. The molecule has 0 aliphatic rings. The Morgan fingerprint density at radius 2 is 1.35 bits per heavy atom. The van der Waals surface area contributed by atoms with Gasteiger partial charge < -0.3 is 0 Å². The van der Waals surface area contributed by atoms with E-state index < -0.39 is 41.7 Å². The fraction of sp³-hybridized carbons (Fsp3) is 0.615. The van der Waals surface area contributed by atoms with E-state index in [9.17, 15) is 61.9 Å². The Balaban J connectivity index is 3.26. The fourth-order valence-corrected chi connectivity index (χ4v) is 1.89. The molecule has 0 spiro atoms. The number of nitrogens with zero attached hydrogens (tertiary/aromatic N) is 3. The summed E-state index contributed by atoms with van der Waals surface area (Å²) in [6.45, 7) is 1.31. The normalized spacial score (nSPS) is 14.9. The van der Waals surface area contributed by atoms with Gasteiger partial charge in [0.1, 0.15) is 0 Å². The highest BCUT2D eigenvalue weighted by molar-refractivity contribution is 5.87. The Bertz CT molecular complexity index is 856. The summed E-state index contributed by atoms with van der Waals surface area (Å²) in [6, 6.07) is 0. The number of alkyl halides is 13. The number of rotatable bonds is 7. The number of carbonyl (C=O) groups excluding carboxylic acids is 1. The maximum atomic E-state index is 13.5. The molecule has 1 aromatic rings. The van der Waals surface area contributed by atoms with Crippen LogP contribution in [0.4, 0.5) is 57.1 Å². The Labute approximate surface area is 162 Å². The van der Waals surface area contributed by atoms with E-state index in [4.69, 9.17) is 0 Å². The van der Waals surface area contributed by atoms with E-state index in [1.54, 1.807) is 0 Å². The summed E-state index contributed by atoms with van der Waals surface area (Å²) in [6.07, 6.45) is -5.90. The number of hydrazone groups is 1. The lowest BCUT2D eigenvalue weighted by Crippen LogP contribution is -2.71. The minimum atomic E-state index is -8.08. The van der Waals surface area contributed by atoms with Crippen LogP contribution >= 0.6 is 0 Å². The van der Waals surface area contributed by atoms with Crippen molar-refractivity contribution in [2.45, 2.75) is 42.7 Å². The number of hydrogen-bond acceptors (Lipinski definition) is 3. The molecule has 0 aliphatic heterocycles. The van der Waals surface area contributed by atoms with E-state index in [0.717, 1.165) is 10.9 Å². The minimum absolute atomic E-state index is 0.0282. The van der Waals surface area contributed by atoms with Crippen LogP contribution in [0.15, 0.2) is 11.3 Å². The van der Waals surface area contributed by atoms with Crippen LogP contribution in [0.2, 0.25) is 0 Å². The van der Waals surface area contributed by atoms with E-state index in [1.165, 1.54) is 14.0 Å². The van der Waals surface area contributed by atoms with Crippen molar-refractivity contribution in [2.75, 3.05) is 0 Å². The standard InChI is InChI=1S/C13H9F13N4O/c1-5-6(4-30(2)29-5)3-27-28-7(31)8(14,15)9(16,17)10(18,19)11(20,21)12(22,23)13(24,25)26/h3-4H,1-2H3,(H,28,31)/b27-3-. The first-order chi connectivity index (χ1) is 13.6. The zero-order valence-corrected chi connectivity index (χ0v) is 14.8. The number of nitrogens with one attached hydrogen (secondary N) is 1. The van der Waals surface area contributed by atoms with Crippen molar-refractivity contribution >= 4 is 12.1 Å². The molecule has 0 unspecified atom stereocenters. The van der Waals surface area contributed by atoms with Crippen molar-refractivity contribution in [1.82, 2.24) is 15.2 Å². The Morgan fingerprint density at radius 3 is 1.74 bits per heavy atom. The first-order valence-corrected chi connectivity index (χ1v) is 7.35. The Morgan fingerprint density at radius 1 is 0.903 bits per heavy atom. The fourth-order valence-electron chi connectivity index (χ4n) is 1.89. The molecule has 0 aliphatic carbocycles. The zero-order chi connectivity index (χ0) is 24.8. The molecule has 18 heteroatoms. The minimum Gasteiger partial charge on any atom is -0.275 e. The summed E-state index contributed by atoms with van der Waals surface area (Å²) in [5.74, 6) is -42.1. The van der Waals surface area contributed by atoms with Gasteiger partial charge in [-0.1, -0.05) is 0 Å². The SMILES string of the molecule is Cc1nn(C)cc1/C=N\NC(=O)C(F)(F)C(F)(F)C(F)(F)C(F)(F)C(F)(F)C(F)(F)F. The highest BCUT2D eigenvalue weighted by atomic mass is 19.4. The molecule has 1 rings (SSSR count). The van der Waals surface area contributed by atoms with E-state index in [-0.39, 0.29) is 11.3 Å². The van der Waals surface area contributed by atoms with E-state index in [2.05, 4.69) is 10.2 Å². The van der Waals surface area contributed by atoms with Crippen LogP contribution in [0.5, 0.6) is 0 Å². The maximum absolute atomic E-state index is 13.5. The first-order valence-electron chi connectivity index (χ1n) is 7.35. The molecule has 5 nitrogen and oxygen atoms in total. The van der Waals surface area contributed by atoms with Gasteiger partial charge in [0.15, 0.2) is 0 Å². The van der Waals surface area contributed by atoms with Crippen LogP contribution in [0.1, 0.15) is 11.3 Å². The molecule has 0 atom stereocenters. The lowest BCUT2D eigenvalue weighted by atomic mass is 9.93. The van der Waals surface area contributed by atoms with Crippen molar-refractivity contribution in [1.29, 1.82) is 0 Å². The summed E-state index contributed by atoms with van der Waals surface area (Å²) in [4.78, 5) is 11.1. The summed E-state index contributed by atoms with van der Waals surface area (Å²) in [5, 5.41) is 6.37. The van der Waals surface area contributed by atoms with Gasteiger partial charge >= 0.3 is 41.7 Å². The predicted octanol–water partition coefficient (Wildman–Crippen LogP) is 3.92. The highest BCUT2D eigenvalue weighted by Crippen LogP contribution is 2.60. The second-order valence-corrected chi connectivity index (χ2v) is 5.91. The van der Waals surface area contributed by atoms with Crippen molar-refractivity contribution in [3.05, 3.63) is 17.5 Å². The van der Waals surface area contributed by atoms with Gasteiger partial charge in [-0.15, -0.1) is 0 Å². The largest absolute Gasteiger partial charge is 0.460 e. The third-order valence-electron chi connectivity index (χ3n) is 3.64. The summed E-state index contributed by atoms with van der Waals surface area (Å²) >= 11 is 0. The van der Waals surface area contributed by atoms with E-state index in [0.29, 0.717) is 11.6 Å². The third-order valence-corrected chi connectivity index (χ3v) is 3.64. The first kappa shape index (κ1) is 26.5. The van der Waals surface area contributed by atoms with Crippen LogP contribution in [0.3, 0.4) is 0 Å². The molecule has 0 fully saturated rings. The lowest BCUT2D eigenvalue weighted by Gasteiger charge is -2.38. The van der Waals surface area contributed by atoms with Gasteiger partial charge in [0.2, 0.25) is 0 Å². The number of halogens is 13. The van der Waals surface area contributed by atoms with E-state index >= 15 is 0 Å². The van der Waals surface area contributed by atoms with Crippen molar-refractivity contribution < 1.29 is 61.9 Å². The van der Waals surface area contributed by atoms with Crippen LogP contribution in [-0.4, -0.2) is 57.7 Å². The van der Waals surface area contributed by atoms with Gasteiger partial charge in [0, 0.05) is 18.8 Å². The quantitative estimate of drug-likeness (QED) is 0.363. The van der Waals surface area contributed by atoms with Gasteiger partial charge in [0.25, 0.3) is 0 Å². The Hall–Kier alpha value is -2.56. The molecular weight excluding hydrogens is 475 g/mol. The number of hydrogen-bond donors (Lipinski definition) is 1. The van der Waals surface area contributed by atoms with Gasteiger partial charge in [-0.25, -0.2) is 5.43 Å². The van der Waals surface area contributed by atoms with Crippen molar-refractivity contribution in [3.8, 4) is 0 Å².